The molecule has 14 heteroatoms. The molecule has 0 N–H and O–H groups in total. The molecule has 2 unspecified atom stereocenters. The molecule has 2 aliphatic heterocycles. The summed E-state index contributed by atoms with van der Waals surface area (Å²) in [5.74, 6) is 0. The van der Waals surface area contributed by atoms with Gasteiger partial charge in [0, 0.05) is 25.0 Å². The largest absolute Gasteiger partial charge is 0.416 e. The van der Waals surface area contributed by atoms with Gasteiger partial charge in [-0.25, -0.2) is 22.9 Å². The number of nitrogens with zero attached hydrogens (tertiary/aromatic N) is 5. The quantitative estimate of drug-likeness (QED) is 0.484. The molecule has 0 aliphatic carbocycles. The van der Waals surface area contributed by atoms with Gasteiger partial charge in [0.15, 0.2) is 9.84 Å². The second-order valence-corrected chi connectivity index (χ2v) is 12.1. The molecular weight excluding hydrogens is 575 g/mol. The summed E-state index contributed by atoms with van der Waals surface area (Å²) >= 11 is 0. The minimum atomic E-state index is -4.74. The van der Waals surface area contributed by atoms with Crippen LogP contribution in [0.2, 0.25) is 0 Å². The van der Waals surface area contributed by atoms with Crippen molar-refractivity contribution >= 4 is 27.6 Å². The van der Waals surface area contributed by atoms with Crippen LogP contribution in [0.4, 0.5) is 28.4 Å². The predicted octanol–water partition coefficient (Wildman–Crippen LogP) is 4.99. The Kier molecular flexibility index (Phi) is 8.09. The number of ether oxygens (including phenoxy) is 1. The average Bonchev–Trinajstić information content (AvgIpc) is 2.91. The van der Waals surface area contributed by atoms with Crippen molar-refractivity contribution in [1.82, 2.24) is 9.80 Å². The first-order valence-corrected chi connectivity index (χ1v) is 14.6. The molecule has 42 heavy (non-hydrogen) atoms. The molecule has 3 atom stereocenters. The Labute approximate surface area is 240 Å². The highest BCUT2D eigenvalue weighted by Crippen LogP contribution is 2.43. The van der Waals surface area contributed by atoms with E-state index in [1.54, 1.807) is 13.8 Å². The van der Waals surface area contributed by atoms with E-state index in [0.29, 0.717) is 4.90 Å². The monoisotopic (exact) mass is 601 g/mol. The first-order chi connectivity index (χ1) is 19.6. The summed E-state index contributed by atoms with van der Waals surface area (Å²) in [7, 11) is -4.07. The Morgan fingerprint density at radius 3 is 2.24 bits per heavy atom. The van der Waals surface area contributed by atoms with Crippen LogP contribution in [0.3, 0.4) is 0 Å². The van der Waals surface area contributed by atoms with Gasteiger partial charge in [-0.2, -0.15) is 23.7 Å². The topological polar surface area (TPSA) is 135 Å². The van der Waals surface area contributed by atoms with Crippen molar-refractivity contribution in [2.24, 2.45) is 0 Å². The molecule has 2 heterocycles. The van der Waals surface area contributed by atoms with Crippen molar-refractivity contribution in [3.05, 3.63) is 70.4 Å². The van der Waals surface area contributed by atoms with Crippen molar-refractivity contribution in [3.8, 4) is 12.1 Å². The van der Waals surface area contributed by atoms with Crippen LogP contribution < -0.4 is 4.90 Å². The molecule has 0 saturated carbocycles. The second kappa shape index (κ2) is 11.1. The summed E-state index contributed by atoms with van der Waals surface area (Å²) in [6, 6.07) is 7.74. The zero-order chi connectivity index (χ0) is 31.1. The zero-order valence-electron chi connectivity index (χ0n) is 23.0. The average molecular weight is 602 g/mol. The third kappa shape index (κ3) is 5.68. The highest BCUT2D eigenvalue weighted by atomic mass is 32.2. The Morgan fingerprint density at radius 1 is 1.05 bits per heavy atom. The van der Waals surface area contributed by atoms with Gasteiger partial charge in [0.25, 0.3) is 0 Å². The molecule has 2 aliphatic rings. The van der Waals surface area contributed by atoms with Crippen LogP contribution in [0.5, 0.6) is 0 Å². The molecule has 2 aromatic rings. The fourth-order valence-electron chi connectivity index (χ4n) is 5.20. The maximum atomic E-state index is 14.2. The highest BCUT2D eigenvalue weighted by molar-refractivity contribution is 7.90. The first kappa shape index (κ1) is 30.6. The molecule has 0 spiro atoms. The number of morpholine rings is 1. The van der Waals surface area contributed by atoms with Crippen molar-refractivity contribution in [2.75, 3.05) is 24.2 Å². The number of rotatable bonds is 3. The number of anilines is 1. The van der Waals surface area contributed by atoms with Gasteiger partial charge in [0.05, 0.1) is 51.6 Å². The minimum absolute atomic E-state index is 0.0141. The molecule has 0 radical (unpaired) electrons. The SMILES string of the molecule is CC1=C(C#N)[C@@H](c2ccc(C#N)cc2S(C)(=O)=O)N(C(=O)N2CC(C)OC(C)C2)C(=O)N1c1cccc(C(F)(F)F)c1. The lowest BCUT2D eigenvalue weighted by Crippen LogP contribution is -2.59. The summed E-state index contributed by atoms with van der Waals surface area (Å²) in [6.45, 7) is 4.87. The summed E-state index contributed by atoms with van der Waals surface area (Å²) in [4.78, 5) is 30.8. The smallest absolute Gasteiger partial charge is 0.372 e. The minimum Gasteiger partial charge on any atom is -0.372 e. The number of nitriles is 2. The van der Waals surface area contributed by atoms with E-state index < -0.39 is 51.9 Å². The van der Waals surface area contributed by atoms with Gasteiger partial charge < -0.3 is 9.64 Å². The third-order valence-corrected chi connectivity index (χ3v) is 8.09. The number of hydrogen-bond acceptors (Lipinski definition) is 7. The van der Waals surface area contributed by atoms with E-state index in [0.717, 1.165) is 35.4 Å². The van der Waals surface area contributed by atoms with Gasteiger partial charge in [-0.1, -0.05) is 12.1 Å². The number of carbonyl (C=O) groups excluding carboxylic acids is 2. The number of amides is 4. The lowest BCUT2D eigenvalue weighted by molar-refractivity contribution is -0.137. The van der Waals surface area contributed by atoms with E-state index in [9.17, 15) is 41.7 Å². The van der Waals surface area contributed by atoms with Gasteiger partial charge in [-0.3, -0.25) is 4.90 Å². The molecule has 2 aromatic carbocycles. The highest BCUT2D eigenvalue weighted by Gasteiger charge is 2.47. The fraction of sp³-hybridized carbons (Fsp3) is 0.357. The lowest BCUT2D eigenvalue weighted by Gasteiger charge is -2.44. The van der Waals surface area contributed by atoms with Gasteiger partial charge in [-0.05, 0) is 56.7 Å². The maximum Gasteiger partial charge on any atom is 0.416 e. The van der Waals surface area contributed by atoms with E-state index in [-0.39, 0.29) is 46.1 Å². The number of hydrogen-bond donors (Lipinski definition) is 0. The molecule has 4 rings (SSSR count). The van der Waals surface area contributed by atoms with Crippen LogP contribution in [-0.4, -0.2) is 61.8 Å². The standard InChI is InChI=1S/C28H26F3N5O5S/c1-16-14-34(15-17(2)41-16)26(37)36-25(22-9-8-19(12-32)10-24(22)42(4,39)40)23(13-33)18(3)35(27(36)38)21-7-5-6-20(11-21)28(29,30)31/h5-11,16-17,25H,14-15H2,1-4H3/t16?,17?,25-/m1/s1. The molecule has 10 nitrogen and oxygen atoms in total. The third-order valence-electron chi connectivity index (χ3n) is 6.94. The van der Waals surface area contributed by atoms with Crippen molar-refractivity contribution < 1.29 is 35.9 Å². The molecule has 0 bridgehead atoms. The Balaban J connectivity index is 2.01. The number of sulfone groups is 1. The zero-order valence-corrected chi connectivity index (χ0v) is 23.8. The Morgan fingerprint density at radius 2 is 1.69 bits per heavy atom. The Hall–Kier alpha value is -4.40. The molecule has 1 fully saturated rings. The van der Waals surface area contributed by atoms with Gasteiger partial charge in [0.2, 0.25) is 0 Å². The van der Waals surface area contributed by atoms with E-state index >= 15 is 0 Å². The number of alkyl halides is 3. The predicted molar refractivity (Wildman–Crippen MR) is 143 cm³/mol. The van der Waals surface area contributed by atoms with Crippen molar-refractivity contribution in [2.45, 2.75) is 50.1 Å². The summed E-state index contributed by atoms with van der Waals surface area (Å²) < 4.78 is 72.1. The number of allylic oxidation sites excluding steroid dienone is 1. The summed E-state index contributed by atoms with van der Waals surface area (Å²) in [6.07, 6.45) is -4.71. The van der Waals surface area contributed by atoms with Crippen molar-refractivity contribution in [1.29, 1.82) is 10.5 Å². The van der Waals surface area contributed by atoms with Gasteiger partial charge in [0.1, 0.15) is 6.04 Å². The van der Waals surface area contributed by atoms with Crippen LogP contribution in [0, 0.1) is 22.7 Å². The summed E-state index contributed by atoms with van der Waals surface area (Å²) in [5, 5.41) is 19.7. The van der Waals surface area contributed by atoms with Crippen molar-refractivity contribution in [3.63, 3.8) is 0 Å². The van der Waals surface area contributed by atoms with E-state index in [2.05, 4.69) is 0 Å². The first-order valence-electron chi connectivity index (χ1n) is 12.7. The van der Waals surface area contributed by atoms with E-state index in [4.69, 9.17) is 4.74 Å². The van der Waals surface area contributed by atoms with Crippen LogP contribution in [0.25, 0.3) is 0 Å². The number of carbonyl (C=O) groups is 2. The molecular formula is C28H26F3N5O5S. The van der Waals surface area contributed by atoms with Crippen LogP contribution in [0.1, 0.15) is 43.5 Å². The molecule has 220 valence electrons. The van der Waals surface area contributed by atoms with E-state index in [1.165, 1.54) is 30.0 Å². The molecule has 4 amide bonds. The molecule has 1 saturated heterocycles. The van der Waals surface area contributed by atoms with Gasteiger partial charge in [-0.15, -0.1) is 0 Å². The summed E-state index contributed by atoms with van der Waals surface area (Å²) in [5.41, 5.74) is -1.77. The van der Waals surface area contributed by atoms with Crippen LogP contribution >= 0.6 is 0 Å². The second-order valence-electron chi connectivity index (χ2n) is 10.1. The number of halogens is 3. The molecule has 0 aromatic heterocycles. The number of imide groups is 1. The lowest BCUT2D eigenvalue weighted by atomic mass is 9.93. The number of urea groups is 2. The van der Waals surface area contributed by atoms with E-state index in [1.807, 2.05) is 12.1 Å². The van der Waals surface area contributed by atoms with Crippen LogP contribution in [0.15, 0.2) is 58.6 Å². The van der Waals surface area contributed by atoms with Crippen LogP contribution in [-0.2, 0) is 20.8 Å². The number of benzene rings is 2. The van der Waals surface area contributed by atoms with Gasteiger partial charge >= 0.3 is 18.2 Å². The maximum absolute atomic E-state index is 14.2. The fourth-order valence-corrected chi connectivity index (χ4v) is 6.15. The Bertz CT molecular complexity index is 1670. The normalized spacial score (nSPS) is 21.7.